The summed E-state index contributed by atoms with van der Waals surface area (Å²) in [6, 6.07) is 7.21. The van der Waals surface area contributed by atoms with Crippen molar-refractivity contribution >= 4 is 6.29 Å². The third kappa shape index (κ3) is 3.66. The quantitative estimate of drug-likeness (QED) is 0.784. The number of rotatable bonds is 4. The maximum atomic E-state index is 10.9. The highest BCUT2D eigenvalue weighted by atomic mass is 16.5. The zero-order valence-electron chi connectivity index (χ0n) is 10.1. The van der Waals surface area contributed by atoms with Crippen molar-refractivity contribution in [2.24, 2.45) is 0 Å². The van der Waals surface area contributed by atoms with Gasteiger partial charge < -0.3 is 9.47 Å². The molecule has 1 aromatic carbocycles. The maximum absolute atomic E-state index is 10.9. The average molecular weight is 221 g/mol. The van der Waals surface area contributed by atoms with Gasteiger partial charge in [0.2, 0.25) is 6.29 Å². The standard InChI is InChI=1S/C13H17O3/c1-13(2,3)16-12(9-14)10-5-7-11(15-4)8-6-10/h5-8,12H,1-4H3. The van der Waals surface area contributed by atoms with E-state index in [-0.39, 0.29) is 5.60 Å². The van der Waals surface area contributed by atoms with E-state index in [1.807, 2.05) is 27.1 Å². The van der Waals surface area contributed by atoms with Gasteiger partial charge in [0.25, 0.3) is 0 Å². The summed E-state index contributed by atoms with van der Waals surface area (Å²) in [5.41, 5.74) is 0.410. The van der Waals surface area contributed by atoms with Gasteiger partial charge in [-0.1, -0.05) is 12.1 Å². The molecule has 0 amide bonds. The van der Waals surface area contributed by atoms with E-state index in [9.17, 15) is 4.79 Å². The predicted octanol–water partition coefficient (Wildman–Crippen LogP) is 2.66. The van der Waals surface area contributed by atoms with Crippen LogP contribution in [-0.4, -0.2) is 19.0 Å². The van der Waals surface area contributed by atoms with Crippen LogP contribution in [0.2, 0.25) is 0 Å². The molecular formula is C13H17O3. The predicted molar refractivity (Wildman–Crippen MR) is 62.3 cm³/mol. The zero-order valence-corrected chi connectivity index (χ0v) is 10.1. The summed E-state index contributed by atoms with van der Waals surface area (Å²) in [6.07, 6.45) is 1.25. The first-order valence-corrected chi connectivity index (χ1v) is 5.16. The number of carbonyl (C=O) groups excluding carboxylic acids is 1. The van der Waals surface area contributed by atoms with Crippen LogP contribution in [0.25, 0.3) is 0 Å². The first-order valence-electron chi connectivity index (χ1n) is 5.16. The van der Waals surface area contributed by atoms with Gasteiger partial charge in [-0.15, -0.1) is 0 Å². The van der Waals surface area contributed by atoms with Crippen LogP contribution < -0.4 is 4.74 Å². The number of hydrogen-bond acceptors (Lipinski definition) is 3. The van der Waals surface area contributed by atoms with Crippen molar-refractivity contribution in [2.75, 3.05) is 7.11 Å². The van der Waals surface area contributed by atoms with Crippen molar-refractivity contribution < 1.29 is 14.3 Å². The molecule has 1 aromatic rings. The van der Waals surface area contributed by atoms with Crippen LogP contribution in [0.1, 0.15) is 32.4 Å². The molecule has 0 aliphatic heterocycles. The fraction of sp³-hybridized carbons (Fsp3) is 0.462. The Morgan fingerprint density at radius 3 is 2.12 bits per heavy atom. The van der Waals surface area contributed by atoms with Gasteiger partial charge in [-0.05, 0) is 38.5 Å². The van der Waals surface area contributed by atoms with E-state index < -0.39 is 6.10 Å². The first kappa shape index (κ1) is 12.7. The first-order chi connectivity index (χ1) is 7.46. The Labute approximate surface area is 96.4 Å². The molecule has 0 aromatic heterocycles. The van der Waals surface area contributed by atoms with Crippen LogP contribution in [-0.2, 0) is 9.53 Å². The minimum atomic E-state index is -0.647. The number of hydrogen-bond donors (Lipinski definition) is 0. The van der Waals surface area contributed by atoms with Crippen LogP contribution in [0, 0.1) is 0 Å². The topological polar surface area (TPSA) is 35.5 Å². The van der Waals surface area contributed by atoms with Crippen LogP contribution in [0.4, 0.5) is 0 Å². The Bertz CT molecular complexity index is 335. The molecule has 0 saturated carbocycles. The van der Waals surface area contributed by atoms with Crippen molar-refractivity contribution in [2.45, 2.75) is 32.5 Å². The second kappa shape index (κ2) is 5.12. The van der Waals surface area contributed by atoms with Gasteiger partial charge in [-0.25, -0.2) is 0 Å². The summed E-state index contributed by atoms with van der Waals surface area (Å²) in [5.74, 6) is 0.754. The molecule has 3 heteroatoms. The van der Waals surface area contributed by atoms with Gasteiger partial charge in [0, 0.05) is 0 Å². The lowest BCUT2D eigenvalue weighted by atomic mass is 10.1. The normalized spacial score (nSPS) is 13.2. The average Bonchev–Trinajstić information content (AvgIpc) is 2.25. The molecule has 0 spiro atoms. The van der Waals surface area contributed by atoms with E-state index in [1.165, 1.54) is 0 Å². The summed E-state index contributed by atoms with van der Waals surface area (Å²) < 4.78 is 10.6. The largest absolute Gasteiger partial charge is 0.497 e. The highest BCUT2D eigenvalue weighted by molar-refractivity contribution is 5.61. The third-order valence-electron chi connectivity index (χ3n) is 2.00. The van der Waals surface area contributed by atoms with Gasteiger partial charge in [0.15, 0.2) is 0 Å². The van der Waals surface area contributed by atoms with Crippen LogP contribution in [0.3, 0.4) is 0 Å². The molecule has 0 saturated heterocycles. The summed E-state index contributed by atoms with van der Waals surface area (Å²) in [6.45, 7) is 5.71. The number of benzene rings is 1. The molecule has 1 radical (unpaired) electrons. The highest BCUT2D eigenvalue weighted by Crippen LogP contribution is 2.23. The second-order valence-corrected chi connectivity index (χ2v) is 4.50. The van der Waals surface area contributed by atoms with E-state index in [2.05, 4.69) is 0 Å². The SMILES string of the molecule is COc1ccc(C([C]=O)OC(C)(C)C)cc1. The minimum Gasteiger partial charge on any atom is -0.497 e. The highest BCUT2D eigenvalue weighted by Gasteiger charge is 2.20. The molecule has 0 N–H and O–H groups in total. The second-order valence-electron chi connectivity index (χ2n) is 4.50. The zero-order chi connectivity index (χ0) is 12.2. The Balaban J connectivity index is 2.83. The van der Waals surface area contributed by atoms with E-state index in [0.29, 0.717) is 0 Å². The van der Waals surface area contributed by atoms with Gasteiger partial charge in [0.05, 0.1) is 12.7 Å². The third-order valence-corrected chi connectivity index (χ3v) is 2.00. The molecule has 16 heavy (non-hydrogen) atoms. The van der Waals surface area contributed by atoms with Crippen molar-refractivity contribution in [3.8, 4) is 5.75 Å². The lowest BCUT2D eigenvalue weighted by Gasteiger charge is -2.23. The Hall–Kier alpha value is -1.35. The van der Waals surface area contributed by atoms with Crippen LogP contribution in [0.5, 0.6) is 5.75 Å². The van der Waals surface area contributed by atoms with Crippen molar-refractivity contribution in [3.63, 3.8) is 0 Å². The molecule has 1 atom stereocenters. The van der Waals surface area contributed by atoms with Gasteiger partial charge >= 0.3 is 0 Å². The van der Waals surface area contributed by atoms with E-state index >= 15 is 0 Å². The van der Waals surface area contributed by atoms with Crippen molar-refractivity contribution in [1.82, 2.24) is 0 Å². The molecule has 1 rings (SSSR count). The van der Waals surface area contributed by atoms with Gasteiger partial charge in [-0.2, -0.15) is 0 Å². The van der Waals surface area contributed by atoms with E-state index in [4.69, 9.17) is 9.47 Å². The van der Waals surface area contributed by atoms with E-state index in [1.54, 1.807) is 31.4 Å². The molecule has 0 heterocycles. The Kier molecular flexibility index (Phi) is 4.07. The molecule has 0 bridgehead atoms. The Morgan fingerprint density at radius 2 is 1.75 bits per heavy atom. The maximum Gasteiger partial charge on any atom is 0.234 e. The molecular weight excluding hydrogens is 204 g/mol. The minimum absolute atomic E-state index is 0.373. The lowest BCUT2D eigenvalue weighted by molar-refractivity contribution is -0.0313. The molecule has 0 aliphatic rings. The number of ether oxygens (including phenoxy) is 2. The van der Waals surface area contributed by atoms with E-state index in [0.717, 1.165) is 11.3 Å². The number of methoxy groups -OCH3 is 1. The molecule has 0 aliphatic carbocycles. The fourth-order valence-electron chi connectivity index (χ4n) is 1.29. The molecule has 87 valence electrons. The van der Waals surface area contributed by atoms with Gasteiger partial charge in [0.1, 0.15) is 11.9 Å². The molecule has 1 unspecified atom stereocenters. The lowest BCUT2D eigenvalue weighted by Crippen LogP contribution is -2.23. The summed E-state index contributed by atoms with van der Waals surface area (Å²) in [7, 11) is 1.60. The van der Waals surface area contributed by atoms with Crippen molar-refractivity contribution in [3.05, 3.63) is 29.8 Å². The molecule has 3 nitrogen and oxygen atoms in total. The summed E-state index contributed by atoms with van der Waals surface area (Å²) in [4.78, 5) is 10.9. The Morgan fingerprint density at radius 1 is 1.19 bits per heavy atom. The van der Waals surface area contributed by atoms with Crippen LogP contribution >= 0.6 is 0 Å². The summed E-state index contributed by atoms with van der Waals surface area (Å²) >= 11 is 0. The molecule has 0 fully saturated rings. The van der Waals surface area contributed by atoms with Crippen molar-refractivity contribution in [1.29, 1.82) is 0 Å². The van der Waals surface area contributed by atoms with Gasteiger partial charge in [-0.3, -0.25) is 4.79 Å². The fourth-order valence-corrected chi connectivity index (χ4v) is 1.29. The van der Waals surface area contributed by atoms with Crippen LogP contribution in [0.15, 0.2) is 24.3 Å². The smallest absolute Gasteiger partial charge is 0.234 e. The summed E-state index contributed by atoms with van der Waals surface area (Å²) in [5, 5.41) is 0. The monoisotopic (exact) mass is 221 g/mol.